The van der Waals surface area contributed by atoms with Gasteiger partial charge in [0.2, 0.25) is 0 Å². The molecule has 0 unspecified atom stereocenters. The molecular weight excluding hydrogens is 378 g/mol. The summed E-state index contributed by atoms with van der Waals surface area (Å²) >= 11 is 1.64. The maximum absolute atomic E-state index is 12.7. The highest BCUT2D eigenvalue weighted by atomic mass is 32.1. The Kier molecular flexibility index (Phi) is 5.68. The number of carbonyl (C=O) groups excluding carboxylic acids is 1. The number of anilines is 2. The van der Waals surface area contributed by atoms with Gasteiger partial charge in [0.15, 0.2) is 0 Å². The van der Waals surface area contributed by atoms with E-state index in [1.54, 1.807) is 17.5 Å². The van der Waals surface area contributed by atoms with Crippen molar-refractivity contribution in [3.63, 3.8) is 0 Å². The van der Waals surface area contributed by atoms with E-state index < -0.39 is 0 Å². The second-order valence-electron chi connectivity index (χ2n) is 6.83. The molecule has 144 valence electrons. The third-order valence-corrected chi connectivity index (χ3v) is 5.48. The third kappa shape index (κ3) is 4.70. The van der Waals surface area contributed by atoms with E-state index in [0.29, 0.717) is 16.9 Å². The summed E-state index contributed by atoms with van der Waals surface area (Å²) in [6.45, 7) is 0. The lowest BCUT2D eigenvalue weighted by Gasteiger charge is -2.11. The molecule has 2 aromatic carbocycles. The fourth-order valence-electron chi connectivity index (χ4n) is 3.12. The van der Waals surface area contributed by atoms with Crippen LogP contribution in [0.15, 0.2) is 83.8 Å². The standard InChI is InChI=1S/C24H21N3OS/c25-22-10-9-20(21-11-13-29-16-21)14-23(22)27-24(28)19-7-5-17(6-8-19)3-4-18-2-1-12-26-15-18/h1-2,5-16H,3-4,25H2,(H,27,28). The van der Waals surface area contributed by atoms with Gasteiger partial charge in [-0.25, -0.2) is 0 Å². The summed E-state index contributed by atoms with van der Waals surface area (Å²) in [5.74, 6) is -0.169. The Morgan fingerprint density at radius 1 is 0.966 bits per heavy atom. The molecule has 5 heteroatoms. The van der Waals surface area contributed by atoms with Crippen molar-refractivity contribution in [3.05, 3.63) is 101 Å². The smallest absolute Gasteiger partial charge is 0.255 e. The number of amides is 1. The number of nitrogens with zero attached hydrogens (tertiary/aromatic N) is 1. The van der Waals surface area contributed by atoms with Crippen molar-refractivity contribution in [2.45, 2.75) is 12.8 Å². The SMILES string of the molecule is Nc1ccc(-c2ccsc2)cc1NC(=O)c1ccc(CCc2cccnc2)cc1. The molecule has 0 fully saturated rings. The molecule has 1 amide bonds. The maximum Gasteiger partial charge on any atom is 0.255 e. The van der Waals surface area contributed by atoms with Gasteiger partial charge in [-0.1, -0.05) is 24.3 Å². The van der Waals surface area contributed by atoms with Crippen LogP contribution in [-0.2, 0) is 12.8 Å². The molecule has 2 heterocycles. The number of carbonyl (C=O) groups is 1. The summed E-state index contributed by atoms with van der Waals surface area (Å²) in [4.78, 5) is 16.8. The van der Waals surface area contributed by atoms with Crippen LogP contribution in [0.25, 0.3) is 11.1 Å². The molecule has 0 spiro atoms. The number of benzene rings is 2. The monoisotopic (exact) mass is 399 g/mol. The number of nitrogens with one attached hydrogen (secondary N) is 1. The highest BCUT2D eigenvalue weighted by Gasteiger charge is 2.10. The van der Waals surface area contributed by atoms with Crippen molar-refractivity contribution < 1.29 is 4.79 Å². The zero-order valence-electron chi connectivity index (χ0n) is 15.8. The molecule has 3 N–H and O–H groups in total. The van der Waals surface area contributed by atoms with Crippen molar-refractivity contribution in [2.75, 3.05) is 11.1 Å². The highest BCUT2D eigenvalue weighted by Crippen LogP contribution is 2.29. The van der Waals surface area contributed by atoms with Crippen molar-refractivity contribution in [3.8, 4) is 11.1 Å². The van der Waals surface area contributed by atoms with Crippen LogP contribution in [0.1, 0.15) is 21.5 Å². The van der Waals surface area contributed by atoms with Crippen molar-refractivity contribution in [1.29, 1.82) is 0 Å². The molecular formula is C24H21N3OS. The van der Waals surface area contributed by atoms with Gasteiger partial charge in [0.05, 0.1) is 11.4 Å². The molecule has 2 aromatic heterocycles. The van der Waals surface area contributed by atoms with Gasteiger partial charge in [0.25, 0.3) is 5.91 Å². The van der Waals surface area contributed by atoms with E-state index in [2.05, 4.69) is 21.7 Å². The fraction of sp³-hybridized carbons (Fsp3) is 0.0833. The van der Waals surface area contributed by atoms with E-state index in [0.717, 1.165) is 24.0 Å². The minimum absolute atomic E-state index is 0.169. The van der Waals surface area contributed by atoms with E-state index in [-0.39, 0.29) is 5.91 Å². The van der Waals surface area contributed by atoms with Gasteiger partial charge in [0, 0.05) is 18.0 Å². The quantitative estimate of drug-likeness (QED) is 0.425. The van der Waals surface area contributed by atoms with Crippen LogP contribution in [0.4, 0.5) is 11.4 Å². The van der Waals surface area contributed by atoms with Crippen LogP contribution in [0.3, 0.4) is 0 Å². The van der Waals surface area contributed by atoms with E-state index >= 15 is 0 Å². The molecule has 0 bridgehead atoms. The number of rotatable bonds is 6. The van der Waals surface area contributed by atoms with Crippen LogP contribution < -0.4 is 11.1 Å². The average Bonchev–Trinajstić information content (AvgIpc) is 3.30. The van der Waals surface area contributed by atoms with Crippen molar-refractivity contribution in [1.82, 2.24) is 4.98 Å². The van der Waals surface area contributed by atoms with Gasteiger partial charge in [-0.3, -0.25) is 9.78 Å². The summed E-state index contributed by atoms with van der Waals surface area (Å²) in [7, 11) is 0. The number of aryl methyl sites for hydroxylation is 2. The normalized spacial score (nSPS) is 10.6. The summed E-state index contributed by atoms with van der Waals surface area (Å²) in [6, 6.07) is 19.5. The predicted octanol–water partition coefficient (Wildman–Crippen LogP) is 5.43. The number of thiophene rings is 1. The second-order valence-corrected chi connectivity index (χ2v) is 7.61. The van der Waals surface area contributed by atoms with Gasteiger partial charge in [0.1, 0.15) is 0 Å². The highest BCUT2D eigenvalue weighted by molar-refractivity contribution is 7.08. The van der Waals surface area contributed by atoms with Crippen LogP contribution >= 0.6 is 11.3 Å². The fourth-order valence-corrected chi connectivity index (χ4v) is 3.79. The molecule has 4 rings (SSSR count). The first-order chi connectivity index (χ1) is 14.2. The number of pyridine rings is 1. The molecule has 0 radical (unpaired) electrons. The Morgan fingerprint density at radius 3 is 2.52 bits per heavy atom. The van der Waals surface area contributed by atoms with Gasteiger partial charge in [-0.05, 0) is 82.3 Å². The van der Waals surface area contributed by atoms with Gasteiger partial charge in [-0.2, -0.15) is 11.3 Å². The number of hydrogen-bond donors (Lipinski definition) is 2. The predicted molar refractivity (Wildman–Crippen MR) is 120 cm³/mol. The number of hydrogen-bond acceptors (Lipinski definition) is 4. The Morgan fingerprint density at radius 2 is 1.79 bits per heavy atom. The molecule has 4 nitrogen and oxygen atoms in total. The number of nitrogen functional groups attached to an aromatic ring is 1. The Labute approximate surface area is 174 Å². The van der Waals surface area contributed by atoms with Crippen LogP contribution in [0.5, 0.6) is 0 Å². The minimum Gasteiger partial charge on any atom is -0.397 e. The average molecular weight is 400 g/mol. The van der Waals surface area contributed by atoms with Crippen LogP contribution in [-0.4, -0.2) is 10.9 Å². The first-order valence-corrected chi connectivity index (χ1v) is 10.3. The van der Waals surface area contributed by atoms with E-state index in [4.69, 9.17) is 5.73 Å². The molecule has 0 atom stereocenters. The van der Waals surface area contributed by atoms with Crippen LogP contribution in [0.2, 0.25) is 0 Å². The van der Waals surface area contributed by atoms with Crippen molar-refractivity contribution in [2.24, 2.45) is 0 Å². The minimum atomic E-state index is -0.169. The van der Waals surface area contributed by atoms with Crippen molar-refractivity contribution >= 4 is 28.6 Å². The topological polar surface area (TPSA) is 68.0 Å². The number of aromatic nitrogens is 1. The first kappa shape index (κ1) is 18.9. The zero-order chi connectivity index (χ0) is 20.1. The molecule has 0 saturated heterocycles. The molecule has 4 aromatic rings. The first-order valence-electron chi connectivity index (χ1n) is 9.40. The van der Waals surface area contributed by atoms with Crippen LogP contribution in [0, 0.1) is 0 Å². The number of nitrogens with two attached hydrogens (primary N) is 1. The van der Waals surface area contributed by atoms with Gasteiger partial charge < -0.3 is 11.1 Å². The van der Waals surface area contributed by atoms with E-state index in [1.165, 1.54) is 11.1 Å². The molecule has 0 saturated carbocycles. The molecule has 0 aliphatic rings. The molecule has 29 heavy (non-hydrogen) atoms. The maximum atomic E-state index is 12.7. The zero-order valence-corrected chi connectivity index (χ0v) is 16.7. The molecule has 0 aliphatic carbocycles. The van der Waals surface area contributed by atoms with E-state index in [9.17, 15) is 4.79 Å². The lowest BCUT2D eigenvalue weighted by atomic mass is 10.0. The summed E-state index contributed by atoms with van der Waals surface area (Å²) in [5.41, 5.74) is 12.4. The summed E-state index contributed by atoms with van der Waals surface area (Å²) in [5, 5.41) is 7.04. The molecule has 0 aliphatic heterocycles. The Bertz CT molecular complexity index is 1090. The lowest BCUT2D eigenvalue weighted by molar-refractivity contribution is 0.102. The van der Waals surface area contributed by atoms with Gasteiger partial charge >= 0.3 is 0 Å². The summed E-state index contributed by atoms with van der Waals surface area (Å²) in [6.07, 6.45) is 5.49. The van der Waals surface area contributed by atoms with Gasteiger partial charge in [-0.15, -0.1) is 0 Å². The third-order valence-electron chi connectivity index (χ3n) is 4.80. The largest absolute Gasteiger partial charge is 0.397 e. The Hall–Kier alpha value is -3.44. The lowest BCUT2D eigenvalue weighted by Crippen LogP contribution is -2.13. The Balaban J connectivity index is 1.43. The summed E-state index contributed by atoms with van der Waals surface area (Å²) < 4.78 is 0. The second kappa shape index (κ2) is 8.71. The van der Waals surface area contributed by atoms with E-state index in [1.807, 2.05) is 66.2 Å².